The van der Waals surface area contributed by atoms with E-state index in [4.69, 9.17) is 0 Å². The normalized spacial score (nSPS) is 12.7. The first-order valence-corrected chi connectivity index (χ1v) is 9.18. The molecule has 1 amide bonds. The molecule has 0 saturated heterocycles. The van der Waals surface area contributed by atoms with Gasteiger partial charge in [-0.15, -0.1) is 0 Å². The van der Waals surface area contributed by atoms with Crippen molar-refractivity contribution >= 4 is 17.4 Å². The molecule has 0 radical (unpaired) electrons. The monoisotopic (exact) mass is 355 g/mol. The smallest absolute Gasteiger partial charge is 0.255 e. The molecule has 3 aromatic rings. The average molecular weight is 355 g/mol. The first kappa shape index (κ1) is 17.2. The number of carbonyl (C=O) groups excluding carboxylic acids is 2. The second-order valence-corrected chi connectivity index (χ2v) is 7.01. The Hall–Kier alpha value is -3.20. The van der Waals surface area contributed by atoms with E-state index in [-0.39, 0.29) is 11.7 Å². The summed E-state index contributed by atoms with van der Waals surface area (Å²) in [5.41, 5.74) is 7.59. The van der Waals surface area contributed by atoms with Gasteiger partial charge in [0, 0.05) is 17.5 Å². The molecule has 0 aromatic heterocycles. The molecule has 0 saturated carbocycles. The van der Waals surface area contributed by atoms with E-state index in [0.717, 1.165) is 16.7 Å². The van der Waals surface area contributed by atoms with Gasteiger partial charge in [0.25, 0.3) is 5.91 Å². The molecule has 0 spiro atoms. The number of fused-ring (bicyclic) bond motifs is 1. The van der Waals surface area contributed by atoms with Gasteiger partial charge < -0.3 is 5.32 Å². The van der Waals surface area contributed by atoms with Crippen LogP contribution in [-0.4, -0.2) is 11.7 Å². The van der Waals surface area contributed by atoms with Gasteiger partial charge in [-0.2, -0.15) is 0 Å². The van der Waals surface area contributed by atoms with Gasteiger partial charge in [-0.1, -0.05) is 42.5 Å². The zero-order valence-corrected chi connectivity index (χ0v) is 15.5. The molecule has 1 aliphatic carbocycles. The number of aryl methyl sites for hydroxylation is 1. The fourth-order valence-corrected chi connectivity index (χ4v) is 3.77. The molecule has 3 aromatic carbocycles. The quantitative estimate of drug-likeness (QED) is 0.688. The Labute approximate surface area is 159 Å². The number of nitrogens with one attached hydrogen (secondary N) is 1. The van der Waals surface area contributed by atoms with E-state index < -0.39 is 0 Å². The van der Waals surface area contributed by atoms with Gasteiger partial charge in [0.1, 0.15) is 0 Å². The molecule has 3 nitrogen and oxygen atoms in total. The molecule has 0 heterocycles. The number of Topliss-reactive ketones (excluding diaryl/α,β-unsaturated/α-hetero) is 1. The van der Waals surface area contributed by atoms with E-state index in [2.05, 4.69) is 31.3 Å². The van der Waals surface area contributed by atoms with Gasteiger partial charge in [0.05, 0.1) is 5.69 Å². The van der Waals surface area contributed by atoms with Gasteiger partial charge in [-0.3, -0.25) is 9.59 Å². The SMILES string of the molecule is Cc1cccc(-c2ccc(NC(=O)c3ccccc3)c3c2CCC3=O)c1C. The summed E-state index contributed by atoms with van der Waals surface area (Å²) in [6, 6.07) is 19.2. The van der Waals surface area contributed by atoms with Crippen LogP contribution in [-0.2, 0) is 6.42 Å². The van der Waals surface area contributed by atoms with Crippen molar-refractivity contribution in [2.75, 3.05) is 5.32 Å². The van der Waals surface area contributed by atoms with Crippen LogP contribution in [0.1, 0.15) is 43.8 Å². The highest BCUT2D eigenvalue weighted by molar-refractivity contribution is 6.12. The molecule has 0 fully saturated rings. The van der Waals surface area contributed by atoms with E-state index >= 15 is 0 Å². The van der Waals surface area contributed by atoms with E-state index in [1.54, 1.807) is 12.1 Å². The van der Waals surface area contributed by atoms with E-state index in [1.165, 1.54) is 11.1 Å². The van der Waals surface area contributed by atoms with Crippen LogP contribution in [0.2, 0.25) is 0 Å². The lowest BCUT2D eigenvalue weighted by Gasteiger charge is -2.16. The zero-order valence-electron chi connectivity index (χ0n) is 15.5. The van der Waals surface area contributed by atoms with Crippen molar-refractivity contribution in [2.45, 2.75) is 26.7 Å². The first-order chi connectivity index (χ1) is 13.1. The first-order valence-electron chi connectivity index (χ1n) is 9.18. The Kier molecular flexibility index (Phi) is 4.36. The van der Waals surface area contributed by atoms with Crippen molar-refractivity contribution in [3.63, 3.8) is 0 Å². The fraction of sp³-hybridized carbons (Fsp3) is 0.167. The third-order valence-electron chi connectivity index (χ3n) is 5.37. The van der Waals surface area contributed by atoms with Crippen LogP contribution in [0.15, 0.2) is 60.7 Å². The Morgan fingerprint density at radius 1 is 0.852 bits per heavy atom. The number of benzene rings is 3. The summed E-state index contributed by atoms with van der Waals surface area (Å²) in [5.74, 6) is -0.0995. The summed E-state index contributed by atoms with van der Waals surface area (Å²) in [5, 5.41) is 2.93. The highest BCUT2D eigenvalue weighted by Crippen LogP contribution is 2.38. The number of carbonyl (C=O) groups is 2. The van der Waals surface area contributed by atoms with Crippen LogP contribution in [0.3, 0.4) is 0 Å². The third kappa shape index (κ3) is 3.06. The van der Waals surface area contributed by atoms with Crippen LogP contribution in [0.25, 0.3) is 11.1 Å². The van der Waals surface area contributed by atoms with E-state index in [0.29, 0.717) is 29.7 Å². The Balaban J connectivity index is 1.78. The molecule has 3 heteroatoms. The highest BCUT2D eigenvalue weighted by Gasteiger charge is 2.27. The Morgan fingerprint density at radius 2 is 1.63 bits per heavy atom. The maximum absolute atomic E-state index is 12.6. The van der Waals surface area contributed by atoms with Crippen molar-refractivity contribution in [3.05, 3.63) is 88.5 Å². The van der Waals surface area contributed by atoms with E-state index in [1.807, 2.05) is 36.4 Å². The lowest BCUT2D eigenvalue weighted by molar-refractivity contribution is 0.0995. The van der Waals surface area contributed by atoms with Crippen LogP contribution >= 0.6 is 0 Å². The van der Waals surface area contributed by atoms with Crippen LogP contribution in [0, 0.1) is 13.8 Å². The number of hydrogen-bond acceptors (Lipinski definition) is 2. The maximum atomic E-state index is 12.6. The minimum atomic E-state index is -0.197. The number of hydrogen-bond donors (Lipinski definition) is 1. The van der Waals surface area contributed by atoms with Crippen LogP contribution in [0.4, 0.5) is 5.69 Å². The minimum absolute atomic E-state index is 0.0977. The third-order valence-corrected chi connectivity index (χ3v) is 5.37. The molecule has 27 heavy (non-hydrogen) atoms. The lowest BCUT2D eigenvalue weighted by atomic mass is 9.91. The van der Waals surface area contributed by atoms with Crippen molar-refractivity contribution < 1.29 is 9.59 Å². The summed E-state index contributed by atoms with van der Waals surface area (Å²) in [6.07, 6.45) is 1.21. The summed E-state index contributed by atoms with van der Waals surface area (Å²) in [7, 11) is 0. The summed E-state index contributed by atoms with van der Waals surface area (Å²) < 4.78 is 0. The standard InChI is InChI=1S/C24H21NO2/c1-15-7-6-10-18(16(15)2)19-11-13-21(23-20(19)12-14-22(23)26)25-24(27)17-8-4-3-5-9-17/h3-11,13H,12,14H2,1-2H3,(H,25,27). The minimum Gasteiger partial charge on any atom is -0.321 e. The molecule has 4 rings (SSSR count). The van der Waals surface area contributed by atoms with Crippen molar-refractivity contribution in [2.24, 2.45) is 0 Å². The number of amides is 1. The Bertz CT molecular complexity index is 1050. The number of ketones is 1. The molecule has 1 aliphatic rings. The van der Waals surface area contributed by atoms with Crippen molar-refractivity contribution in [3.8, 4) is 11.1 Å². The summed E-state index contributed by atoms with van der Waals surface area (Å²) >= 11 is 0. The largest absolute Gasteiger partial charge is 0.321 e. The van der Waals surface area contributed by atoms with Crippen molar-refractivity contribution in [1.29, 1.82) is 0 Å². The van der Waals surface area contributed by atoms with Crippen LogP contribution in [0.5, 0.6) is 0 Å². The second kappa shape index (κ2) is 6.84. The van der Waals surface area contributed by atoms with Crippen molar-refractivity contribution in [1.82, 2.24) is 0 Å². The van der Waals surface area contributed by atoms with Gasteiger partial charge in [0.15, 0.2) is 5.78 Å². The predicted octanol–water partition coefficient (Wildman–Crippen LogP) is 5.35. The molecule has 0 atom stereocenters. The predicted molar refractivity (Wildman–Crippen MR) is 108 cm³/mol. The maximum Gasteiger partial charge on any atom is 0.255 e. The Morgan fingerprint density at radius 3 is 2.41 bits per heavy atom. The molecule has 0 bridgehead atoms. The van der Waals surface area contributed by atoms with Gasteiger partial charge in [-0.25, -0.2) is 0 Å². The molecular formula is C24H21NO2. The van der Waals surface area contributed by atoms with Gasteiger partial charge in [-0.05, 0) is 66.3 Å². The molecule has 134 valence electrons. The molecule has 1 N–H and O–H groups in total. The summed E-state index contributed by atoms with van der Waals surface area (Å²) in [6.45, 7) is 4.21. The van der Waals surface area contributed by atoms with Gasteiger partial charge >= 0.3 is 0 Å². The average Bonchev–Trinajstić information content (AvgIpc) is 3.07. The summed E-state index contributed by atoms with van der Waals surface area (Å²) in [4.78, 5) is 25.1. The van der Waals surface area contributed by atoms with E-state index in [9.17, 15) is 9.59 Å². The molecule has 0 aliphatic heterocycles. The molecule has 0 unspecified atom stereocenters. The lowest BCUT2D eigenvalue weighted by Crippen LogP contribution is -2.14. The van der Waals surface area contributed by atoms with Gasteiger partial charge in [0.2, 0.25) is 0 Å². The topological polar surface area (TPSA) is 46.2 Å². The number of anilines is 1. The number of rotatable bonds is 3. The highest BCUT2D eigenvalue weighted by atomic mass is 16.1. The zero-order chi connectivity index (χ0) is 19.0. The second-order valence-electron chi connectivity index (χ2n) is 7.01. The fourth-order valence-electron chi connectivity index (χ4n) is 3.77. The molecular weight excluding hydrogens is 334 g/mol. The van der Waals surface area contributed by atoms with Crippen LogP contribution < -0.4 is 5.32 Å².